The lowest BCUT2D eigenvalue weighted by Crippen LogP contribution is -2.49. The van der Waals surface area contributed by atoms with E-state index in [1.165, 1.54) is 12.1 Å². The molecular weight excluding hydrogens is 279 g/mol. The Balaban J connectivity index is 2.31. The summed E-state index contributed by atoms with van der Waals surface area (Å²) in [7, 11) is -3.67. The molecule has 0 bridgehead atoms. The summed E-state index contributed by atoms with van der Waals surface area (Å²) >= 11 is 0. The van der Waals surface area contributed by atoms with Gasteiger partial charge in [-0.2, -0.15) is 0 Å². The maximum absolute atomic E-state index is 13.3. The Morgan fingerprint density at radius 2 is 1.75 bits per heavy atom. The Morgan fingerprint density at radius 1 is 1.20 bits per heavy atom. The van der Waals surface area contributed by atoms with Crippen molar-refractivity contribution < 1.29 is 12.8 Å². The summed E-state index contributed by atoms with van der Waals surface area (Å²) in [4.78, 5) is 0.164. The number of nitrogens with one attached hydrogen (secondary N) is 1. The summed E-state index contributed by atoms with van der Waals surface area (Å²) in [5.74, 6) is -0.423. The third-order valence-corrected chi connectivity index (χ3v) is 5.61. The first kappa shape index (κ1) is 15.4. The molecule has 2 rings (SSSR count). The van der Waals surface area contributed by atoms with Gasteiger partial charge in [-0.05, 0) is 49.9 Å². The van der Waals surface area contributed by atoms with Crippen LogP contribution in [-0.4, -0.2) is 20.5 Å². The minimum Gasteiger partial charge on any atom is -0.326 e. The van der Waals surface area contributed by atoms with E-state index in [0.717, 1.165) is 25.7 Å². The van der Waals surface area contributed by atoms with Crippen LogP contribution >= 0.6 is 0 Å². The highest BCUT2D eigenvalue weighted by molar-refractivity contribution is 7.89. The Kier molecular flexibility index (Phi) is 4.46. The number of aryl methyl sites for hydroxylation is 2. The molecule has 1 saturated carbocycles. The summed E-state index contributed by atoms with van der Waals surface area (Å²) in [6, 6.07) is 2.09. The molecule has 3 N–H and O–H groups in total. The van der Waals surface area contributed by atoms with E-state index in [1.807, 2.05) is 0 Å². The number of nitrogens with two attached hydrogens (primary N) is 1. The standard InChI is InChI=1S/C14H21FN2O2S/c1-9-7-11(15)8-10(2)14(9)20(18,19)17-13-6-4-3-5-12(13)16/h7-8,12-13,17H,3-6,16H2,1-2H3/t12-,13-/m1/s1. The van der Waals surface area contributed by atoms with Crippen molar-refractivity contribution in [3.8, 4) is 0 Å². The van der Waals surface area contributed by atoms with Gasteiger partial charge in [-0.15, -0.1) is 0 Å². The van der Waals surface area contributed by atoms with Crippen LogP contribution in [0.4, 0.5) is 4.39 Å². The summed E-state index contributed by atoms with van der Waals surface area (Å²) < 4.78 is 41.0. The lowest BCUT2D eigenvalue weighted by molar-refractivity contribution is 0.361. The van der Waals surface area contributed by atoms with Crippen LogP contribution in [-0.2, 0) is 10.0 Å². The van der Waals surface area contributed by atoms with Crippen LogP contribution in [0.3, 0.4) is 0 Å². The van der Waals surface area contributed by atoms with E-state index in [1.54, 1.807) is 13.8 Å². The fraction of sp³-hybridized carbons (Fsp3) is 0.571. The molecule has 2 atom stereocenters. The van der Waals surface area contributed by atoms with Crippen molar-refractivity contribution in [1.29, 1.82) is 0 Å². The molecule has 0 heterocycles. The highest BCUT2D eigenvalue weighted by atomic mass is 32.2. The van der Waals surface area contributed by atoms with Crippen LogP contribution in [0.15, 0.2) is 17.0 Å². The van der Waals surface area contributed by atoms with Gasteiger partial charge in [0, 0.05) is 12.1 Å². The number of hydrogen-bond donors (Lipinski definition) is 2. The number of rotatable bonds is 3. The van der Waals surface area contributed by atoms with Gasteiger partial charge in [0.05, 0.1) is 4.90 Å². The van der Waals surface area contributed by atoms with E-state index >= 15 is 0 Å². The molecule has 112 valence electrons. The quantitative estimate of drug-likeness (QED) is 0.896. The van der Waals surface area contributed by atoms with E-state index < -0.39 is 15.8 Å². The molecule has 0 amide bonds. The van der Waals surface area contributed by atoms with Crippen LogP contribution in [0.2, 0.25) is 0 Å². The fourth-order valence-corrected chi connectivity index (χ4v) is 4.66. The molecule has 1 aliphatic carbocycles. The smallest absolute Gasteiger partial charge is 0.241 e. The molecule has 1 fully saturated rings. The normalized spacial score (nSPS) is 23.8. The van der Waals surface area contributed by atoms with Crippen molar-refractivity contribution in [1.82, 2.24) is 4.72 Å². The number of benzene rings is 1. The van der Waals surface area contributed by atoms with Gasteiger partial charge in [-0.3, -0.25) is 0 Å². The van der Waals surface area contributed by atoms with E-state index in [0.29, 0.717) is 11.1 Å². The summed E-state index contributed by atoms with van der Waals surface area (Å²) in [6.07, 6.45) is 3.59. The number of sulfonamides is 1. The average Bonchev–Trinajstić information content (AvgIpc) is 2.30. The predicted molar refractivity (Wildman–Crippen MR) is 76.4 cm³/mol. The monoisotopic (exact) mass is 300 g/mol. The van der Waals surface area contributed by atoms with E-state index in [4.69, 9.17) is 5.73 Å². The first-order valence-corrected chi connectivity index (χ1v) is 8.34. The van der Waals surface area contributed by atoms with Crippen molar-refractivity contribution in [2.75, 3.05) is 0 Å². The Labute approximate surface area is 119 Å². The van der Waals surface area contributed by atoms with Gasteiger partial charge in [-0.1, -0.05) is 12.8 Å². The Morgan fingerprint density at radius 3 is 2.30 bits per heavy atom. The summed E-state index contributed by atoms with van der Waals surface area (Å²) in [5, 5.41) is 0. The molecular formula is C14H21FN2O2S. The molecule has 0 aromatic heterocycles. The van der Waals surface area contributed by atoms with E-state index in [-0.39, 0.29) is 17.0 Å². The maximum Gasteiger partial charge on any atom is 0.241 e. The largest absolute Gasteiger partial charge is 0.326 e. The zero-order valence-corrected chi connectivity index (χ0v) is 12.6. The van der Waals surface area contributed by atoms with Crippen molar-refractivity contribution in [2.24, 2.45) is 5.73 Å². The molecule has 20 heavy (non-hydrogen) atoms. The molecule has 4 nitrogen and oxygen atoms in total. The second-order valence-corrected chi connectivity index (χ2v) is 7.20. The SMILES string of the molecule is Cc1cc(F)cc(C)c1S(=O)(=O)N[C@@H]1CCCC[C@H]1N. The zero-order valence-electron chi connectivity index (χ0n) is 11.8. The van der Waals surface area contributed by atoms with Gasteiger partial charge in [0.15, 0.2) is 0 Å². The van der Waals surface area contributed by atoms with Gasteiger partial charge in [0.2, 0.25) is 10.0 Å². The molecule has 0 aliphatic heterocycles. The third kappa shape index (κ3) is 3.19. The van der Waals surface area contributed by atoms with Crippen molar-refractivity contribution in [3.05, 3.63) is 29.1 Å². The van der Waals surface area contributed by atoms with Gasteiger partial charge in [-0.25, -0.2) is 17.5 Å². The van der Waals surface area contributed by atoms with Crippen LogP contribution in [0.25, 0.3) is 0 Å². The summed E-state index contributed by atoms with van der Waals surface area (Å²) in [6.45, 7) is 3.21. The van der Waals surface area contributed by atoms with Crippen molar-refractivity contribution >= 4 is 10.0 Å². The third-order valence-electron chi connectivity index (χ3n) is 3.82. The molecule has 0 spiro atoms. The molecule has 0 unspecified atom stereocenters. The zero-order chi connectivity index (χ0) is 14.9. The Bertz CT molecular complexity index is 578. The number of hydrogen-bond acceptors (Lipinski definition) is 3. The number of halogens is 1. The van der Waals surface area contributed by atoms with E-state index in [9.17, 15) is 12.8 Å². The molecule has 1 aromatic carbocycles. The minimum absolute atomic E-state index is 0.153. The van der Waals surface area contributed by atoms with Gasteiger partial charge in [0.1, 0.15) is 5.82 Å². The average molecular weight is 300 g/mol. The Hall–Kier alpha value is -0.980. The first-order chi connectivity index (χ1) is 9.31. The molecule has 0 radical (unpaired) electrons. The van der Waals surface area contributed by atoms with Crippen LogP contribution in [0, 0.1) is 19.7 Å². The lowest BCUT2D eigenvalue weighted by atomic mass is 9.92. The first-order valence-electron chi connectivity index (χ1n) is 6.86. The fourth-order valence-electron chi connectivity index (χ4n) is 2.89. The molecule has 6 heteroatoms. The van der Waals surface area contributed by atoms with Gasteiger partial charge >= 0.3 is 0 Å². The highest BCUT2D eigenvalue weighted by Gasteiger charge is 2.29. The van der Waals surface area contributed by atoms with Crippen LogP contribution in [0.5, 0.6) is 0 Å². The van der Waals surface area contributed by atoms with Crippen LogP contribution in [0.1, 0.15) is 36.8 Å². The van der Waals surface area contributed by atoms with Crippen LogP contribution < -0.4 is 10.5 Å². The van der Waals surface area contributed by atoms with E-state index in [2.05, 4.69) is 4.72 Å². The molecule has 1 aliphatic rings. The van der Waals surface area contributed by atoms with Gasteiger partial charge in [0.25, 0.3) is 0 Å². The second kappa shape index (κ2) is 5.79. The summed E-state index contributed by atoms with van der Waals surface area (Å²) in [5.41, 5.74) is 6.81. The molecule has 1 aromatic rings. The highest BCUT2D eigenvalue weighted by Crippen LogP contribution is 2.24. The topological polar surface area (TPSA) is 72.2 Å². The molecule has 0 saturated heterocycles. The lowest BCUT2D eigenvalue weighted by Gasteiger charge is -2.29. The minimum atomic E-state index is -3.67. The van der Waals surface area contributed by atoms with Crippen molar-refractivity contribution in [2.45, 2.75) is 56.5 Å². The van der Waals surface area contributed by atoms with Gasteiger partial charge < -0.3 is 5.73 Å². The second-order valence-electron chi connectivity index (χ2n) is 5.54. The maximum atomic E-state index is 13.3. The predicted octanol–water partition coefficient (Wildman–Crippen LogP) is 1.99. The van der Waals surface area contributed by atoms with Crippen molar-refractivity contribution in [3.63, 3.8) is 0 Å².